The lowest BCUT2D eigenvalue weighted by Crippen LogP contribution is -2.31. The zero-order valence-corrected chi connectivity index (χ0v) is 12.9. The second-order valence-electron chi connectivity index (χ2n) is 5.56. The quantitative estimate of drug-likeness (QED) is 0.885. The van der Waals surface area contributed by atoms with E-state index in [1.165, 1.54) is 0 Å². The molecule has 0 atom stereocenters. The first-order valence-corrected chi connectivity index (χ1v) is 7.58. The Kier molecular flexibility index (Phi) is 4.16. The van der Waals surface area contributed by atoms with Gasteiger partial charge < -0.3 is 10.6 Å². The predicted molar refractivity (Wildman–Crippen MR) is 92.6 cm³/mol. The van der Waals surface area contributed by atoms with Crippen molar-refractivity contribution < 1.29 is 4.79 Å². The summed E-state index contributed by atoms with van der Waals surface area (Å²) in [6.07, 6.45) is 0.837. The SMILES string of the molecule is C=C(N)CCC(=O)N1Cc2ccccc2C#Cc2ccccc21. The van der Waals surface area contributed by atoms with Crippen molar-refractivity contribution in [2.24, 2.45) is 5.73 Å². The van der Waals surface area contributed by atoms with Crippen molar-refractivity contribution in [3.8, 4) is 11.8 Å². The summed E-state index contributed by atoms with van der Waals surface area (Å²) in [5, 5.41) is 0. The molecule has 0 saturated carbocycles. The Morgan fingerprint density at radius 3 is 2.48 bits per heavy atom. The second kappa shape index (κ2) is 6.41. The Labute approximate surface area is 136 Å². The molecule has 1 heterocycles. The number of rotatable bonds is 3. The first-order valence-electron chi connectivity index (χ1n) is 7.58. The molecule has 3 nitrogen and oxygen atoms in total. The number of nitrogens with two attached hydrogens (primary N) is 1. The largest absolute Gasteiger partial charge is 0.403 e. The van der Waals surface area contributed by atoms with Gasteiger partial charge in [0.2, 0.25) is 5.91 Å². The van der Waals surface area contributed by atoms with Gasteiger partial charge in [-0.1, -0.05) is 48.8 Å². The highest BCUT2D eigenvalue weighted by atomic mass is 16.2. The number of benzene rings is 2. The number of hydrogen-bond acceptors (Lipinski definition) is 2. The Morgan fingerprint density at radius 1 is 1.04 bits per heavy atom. The summed E-state index contributed by atoms with van der Waals surface area (Å²) in [6.45, 7) is 4.18. The highest BCUT2D eigenvalue weighted by molar-refractivity contribution is 5.95. The minimum Gasteiger partial charge on any atom is -0.403 e. The van der Waals surface area contributed by atoms with Crippen molar-refractivity contribution in [1.29, 1.82) is 0 Å². The average Bonchev–Trinajstić information content (AvgIpc) is 2.55. The summed E-state index contributed by atoms with van der Waals surface area (Å²) < 4.78 is 0. The van der Waals surface area contributed by atoms with Crippen LogP contribution in [0.1, 0.15) is 29.5 Å². The average molecular weight is 302 g/mol. The third-order valence-corrected chi connectivity index (χ3v) is 3.83. The van der Waals surface area contributed by atoms with Gasteiger partial charge in [-0.2, -0.15) is 0 Å². The lowest BCUT2D eigenvalue weighted by molar-refractivity contribution is -0.118. The maximum atomic E-state index is 12.7. The number of amides is 1. The van der Waals surface area contributed by atoms with Gasteiger partial charge >= 0.3 is 0 Å². The number of anilines is 1. The van der Waals surface area contributed by atoms with Crippen LogP contribution in [0.25, 0.3) is 0 Å². The molecule has 3 rings (SSSR count). The normalized spacial score (nSPS) is 12.1. The van der Waals surface area contributed by atoms with Crippen LogP contribution in [0, 0.1) is 11.8 Å². The smallest absolute Gasteiger partial charge is 0.227 e. The molecule has 1 aliphatic rings. The monoisotopic (exact) mass is 302 g/mol. The van der Waals surface area contributed by atoms with E-state index in [4.69, 9.17) is 5.73 Å². The summed E-state index contributed by atoms with van der Waals surface area (Å²) in [5.41, 5.74) is 9.86. The van der Waals surface area contributed by atoms with Crippen LogP contribution in [-0.2, 0) is 11.3 Å². The van der Waals surface area contributed by atoms with E-state index in [-0.39, 0.29) is 5.91 Å². The molecule has 0 aromatic heterocycles. The van der Waals surface area contributed by atoms with Gasteiger partial charge in [-0.05, 0) is 30.2 Å². The fraction of sp³-hybridized carbons (Fsp3) is 0.150. The molecular formula is C20H18N2O. The number of fused-ring (bicyclic) bond motifs is 2. The Bertz CT molecular complexity index is 827. The van der Waals surface area contributed by atoms with E-state index in [2.05, 4.69) is 18.4 Å². The third kappa shape index (κ3) is 3.27. The minimum absolute atomic E-state index is 0.0301. The van der Waals surface area contributed by atoms with E-state index in [0.29, 0.717) is 25.1 Å². The van der Waals surface area contributed by atoms with Crippen molar-refractivity contribution in [1.82, 2.24) is 0 Å². The number of hydrogen-bond donors (Lipinski definition) is 1. The van der Waals surface area contributed by atoms with Crippen LogP contribution in [0.15, 0.2) is 60.8 Å². The third-order valence-electron chi connectivity index (χ3n) is 3.83. The Balaban J connectivity index is 2.04. The van der Waals surface area contributed by atoms with Crippen molar-refractivity contribution in [3.05, 3.63) is 77.5 Å². The fourth-order valence-electron chi connectivity index (χ4n) is 2.61. The summed E-state index contributed by atoms with van der Waals surface area (Å²) in [7, 11) is 0. The molecule has 0 unspecified atom stereocenters. The predicted octanol–water partition coefficient (Wildman–Crippen LogP) is 3.19. The number of allylic oxidation sites excluding steroid dienone is 1. The maximum Gasteiger partial charge on any atom is 0.227 e. The van der Waals surface area contributed by atoms with E-state index in [9.17, 15) is 4.79 Å². The molecule has 0 bridgehead atoms. The van der Waals surface area contributed by atoms with E-state index >= 15 is 0 Å². The van der Waals surface area contributed by atoms with E-state index in [1.807, 2.05) is 48.5 Å². The molecule has 2 aromatic carbocycles. The first kappa shape index (κ1) is 14.9. The summed E-state index contributed by atoms with van der Waals surface area (Å²) in [6, 6.07) is 15.7. The molecule has 0 aliphatic carbocycles. The van der Waals surface area contributed by atoms with E-state index in [1.54, 1.807) is 4.90 Å². The van der Waals surface area contributed by atoms with Crippen LogP contribution in [0.3, 0.4) is 0 Å². The molecule has 1 aliphatic heterocycles. The number of carbonyl (C=O) groups is 1. The number of nitrogens with zero attached hydrogens (tertiary/aromatic N) is 1. The molecule has 23 heavy (non-hydrogen) atoms. The Hall–Kier alpha value is -2.99. The van der Waals surface area contributed by atoms with E-state index in [0.717, 1.165) is 22.4 Å². The highest BCUT2D eigenvalue weighted by Crippen LogP contribution is 2.26. The van der Waals surface area contributed by atoms with Crippen LogP contribution in [0.4, 0.5) is 5.69 Å². The van der Waals surface area contributed by atoms with Crippen LogP contribution >= 0.6 is 0 Å². The highest BCUT2D eigenvalue weighted by Gasteiger charge is 2.20. The van der Waals surface area contributed by atoms with Crippen molar-refractivity contribution in [2.45, 2.75) is 19.4 Å². The van der Waals surface area contributed by atoms with Crippen molar-refractivity contribution in [2.75, 3.05) is 4.90 Å². The lowest BCUT2D eigenvalue weighted by Gasteiger charge is -2.26. The van der Waals surface area contributed by atoms with Crippen molar-refractivity contribution in [3.63, 3.8) is 0 Å². The molecule has 0 saturated heterocycles. The van der Waals surface area contributed by atoms with Gasteiger partial charge in [0.05, 0.1) is 12.2 Å². The van der Waals surface area contributed by atoms with Crippen LogP contribution in [0.2, 0.25) is 0 Å². The van der Waals surface area contributed by atoms with Crippen molar-refractivity contribution >= 4 is 11.6 Å². The molecular weight excluding hydrogens is 284 g/mol. The zero-order valence-electron chi connectivity index (χ0n) is 12.9. The zero-order chi connectivity index (χ0) is 16.2. The second-order valence-corrected chi connectivity index (χ2v) is 5.56. The molecule has 3 heteroatoms. The summed E-state index contributed by atoms with van der Waals surface area (Å²) in [5.74, 6) is 6.42. The summed E-state index contributed by atoms with van der Waals surface area (Å²) in [4.78, 5) is 14.5. The lowest BCUT2D eigenvalue weighted by atomic mass is 10.0. The van der Waals surface area contributed by atoms with Gasteiger partial charge in [0, 0.05) is 23.2 Å². The standard InChI is InChI=1S/C20H18N2O/c1-15(21)10-13-20(23)22-14-18-8-3-2-6-16(18)11-12-17-7-4-5-9-19(17)22/h2-9H,1,10,13-14,21H2. The molecule has 0 spiro atoms. The van der Waals surface area contributed by atoms with Gasteiger partial charge in [-0.3, -0.25) is 4.79 Å². The fourth-order valence-corrected chi connectivity index (χ4v) is 2.61. The van der Waals surface area contributed by atoms with Gasteiger partial charge in [0.25, 0.3) is 0 Å². The maximum absolute atomic E-state index is 12.7. The molecule has 2 aromatic rings. The molecule has 0 fully saturated rings. The first-order chi connectivity index (χ1) is 11.1. The Morgan fingerprint density at radius 2 is 1.70 bits per heavy atom. The van der Waals surface area contributed by atoms with Crippen LogP contribution in [-0.4, -0.2) is 5.91 Å². The molecule has 114 valence electrons. The molecule has 0 radical (unpaired) electrons. The topological polar surface area (TPSA) is 46.3 Å². The van der Waals surface area contributed by atoms with Crippen LogP contribution in [0.5, 0.6) is 0 Å². The van der Waals surface area contributed by atoms with E-state index < -0.39 is 0 Å². The molecule has 2 N–H and O–H groups in total. The van der Waals surface area contributed by atoms with Gasteiger partial charge in [-0.15, -0.1) is 0 Å². The van der Waals surface area contributed by atoms with Gasteiger partial charge in [0.1, 0.15) is 0 Å². The number of para-hydroxylation sites is 1. The van der Waals surface area contributed by atoms with Gasteiger partial charge in [-0.25, -0.2) is 0 Å². The minimum atomic E-state index is 0.0301. The van der Waals surface area contributed by atoms with Gasteiger partial charge in [0.15, 0.2) is 0 Å². The van der Waals surface area contributed by atoms with Crippen LogP contribution < -0.4 is 10.6 Å². The molecule has 1 amide bonds. The summed E-state index contributed by atoms with van der Waals surface area (Å²) >= 11 is 0. The number of carbonyl (C=O) groups excluding carboxylic acids is 1.